The highest BCUT2D eigenvalue weighted by atomic mass is 16.5. The molecule has 7 heteroatoms. The van der Waals surface area contributed by atoms with Crippen LogP contribution in [0.3, 0.4) is 0 Å². The van der Waals surface area contributed by atoms with Gasteiger partial charge in [-0.2, -0.15) is 0 Å². The summed E-state index contributed by atoms with van der Waals surface area (Å²) in [5.41, 5.74) is 1.03. The maximum absolute atomic E-state index is 12.5. The van der Waals surface area contributed by atoms with Crippen LogP contribution in [0.25, 0.3) is 0 Å². The van der Waals surface area contributed by atoms with Crippen LogP contribution in [0.5, 0.6) is 5.88 Å². The Morgan fingerprint density at radius 3 is 3.12 bits per heavy atom. The number of rotatable bonds is 5. The molecule has 0 spiro atoms. The van der Waals surface area contributed by atoms with Crippen molar-refractivity contribution in [3.63, 3.8) is 0 Å². The van der Waals surface area contributed by atoms with Crippen molar-refractivity contribution in [2.45, 2.75) is 38.5 Å². The maximum atomic E-state index is 12.5. The molecule has 0 radical (unpaired) electrons. The van der Waals surface area contributed by atoms with Gasteiger partial charge in [0, 0.05) is 49.8 Å². The fourth-order valence-electron chi connectivity index (χ4n) is 3.04. The minimum Gasteiger partial charge on any atom is -0.479 e. The topological polar surface area (TPSA) is 81.4 Å². The summed E-state index contributed by atoms with van der Waals surface area (Å²) in [5.74, 6) is 2.31. The number of amides is 1. The number of hydrogen-bond donors (Lipinski definition) is 0. The number of nitrogens with zero attached hydrogens (tertiary/aromatic N) is 4. The van der Waals surface area contributed by atoms with E-state index in [0.717, 1.165) is 37.4 Å². The maximum Gasteiger partial charge on any atom is 0.254 e. The Kier molecular flexibility index (Phi) is 5.08. The molecule has 2 aromatic heterocycles. The summed E-state index contributed by atoms with van der Waals surface area (Å²) < 4.78 is 10.1. The lowest BCUT2D eigenvalue weighted by Gasteiger charge is -2.32. The van der Waals surface area contributed by atoms with Crippen molar-refractivity contribution in [3.8, 4) is 5.88 Å². The van der Waals surface area contributed by atoms with E-state index in [1.54, 1.807) is 12.3 Å². The molecule has 1 amide bonds. The standard InChI is InChI=1S/C17H22N4O3/c1-12-18-8-7-15(19-12)13-4-3-9-21(11-13)17(22)6-5-14-10-16(23-2)20-24-14/h7-8,10,13H,3-6,9,11H2,1-2H3. The minimum atomic E-state index is 0.140. The molecule has 7 nitrogen and oxygen atoms in total. The van der Waals surface area contributed by atoms with E-state index in [1.165, 1.54) is 7.11 Å². The zero-order valence-electron chi connectivity index (χ0n) is 14.1. The fourth-order valence-corrected chi connectivity index (χ4v) is 3.04. The van der Waals surface area contributed by atoms with E-state index in [2.05, 4.69) is 15.1 Å². The monoisotopic (exact) mass is 330 g/mol. The van der Waals surface area contributed by atoms with Crippen LogP contribution in [0.15, 0.2) is 22.9 Å². The van der Waals surface area contributed by atoms with E-state index in [0.29, 0.717) is 24.5 Å². The van der Waals surface area contributed by atoms with Crippen LogP contribution >= 0.6 is 0 Å². The fraction of sp³-hybridized carbons (Fsp3) is 0.529. The van der Waals surface area contributed by atoms with Crippen molar-refractivity contribution in [1.29, 1.82) is 0 Å². The van der Waals surface area contributed by atoms with Crippen LogP contribution < -0.4 is 4.74 Å². The van der Waals surface area contributed by atoms with Crippen LogP contribution in [-0.2, 0) is 11.2 Å². The number of hydrogen-bond acceptors (Lipinski definition) is 6. The zero-order valence-corrected chi connectivity index (χ0v) is 14.1. The molecule has 1 aliphatic heterocycles. The number of carbonyl (C=O) groups is 1. The van der Waals surface area contributed by atoms with Gasteiger partial charge < -0.3 is 14.2 Å². The van der Waals surface area contributed by atoms with E-state index < -0.39 is 0 Å². The molecule has 0 bridgehead atoms. The predicted molar refractivity (Wildman–Crippen MR) is 86.7 cm³/mol. The molecule has 1 unspecified atom stereocenters. The first-order chi connectivity index (χ1) is 11.7. The van der Waals surface area contributed by atoms with Crippen LogP contribution in [0.2, 0.25) is 0 Å². The highest BCUT2D eigenvalue weighted by molar-refractivity contribution is 5.76. The third kappa shape index (κ3) is 3.90. The second-order valence-electron chi connectivity index (χ2n) is 6.04. The lowest BCUT2D eigenvalue weighted by Crippen LogP contribution is -2.39. The first kappa shape index (κ1) is 16.4. The van der Waals surface area contributed by atoms with Gasteiger partial charge in [-0.05, 0) is 31.0 Å². The van der Waals surface area contributed by atoms with Gasteiger partial charge in [0.1, 0.15) is 11.6 Å². The molecular weight excluding hydrogens is 308 g/mol. The SMILES string of the molecule is COc1cc(CCC(=O)N2CCCC(c3ccnc(C)n3)C2)on1. The molecular formula is C17H22N4O3. The number of likely N-dealkylation sites (tertiary alicyclic amines) is 1. The molecule has 0 saturated carbocycles. The van der Waals surface area contributed by atoms with Gasteiger partial charge in [-0.1, -0.05) is 0 Å². The lowest BCUT2D eigenvalue weighted by atomic mass is 9.94. The summed E-state index contributed by atoms with van der Waals surface area (Å²) >= 11 is 0. The molecule has 128 valence electrons. The highest BCUT2D eigenvalue weighted by Gasteiger charge is 2.25. The summed E-state index contributed by atoms with van der Waals surface area (Å²) in [6.07, 6.45) is 4.78. The molecule has 24 heavy (non-hydrogen) atoms. The molecule has 1 aliphatic rings. The Labute approximate surface area is 141 Å². The average molecular weight is 330 g/mol. The van der Waals surface area contributed by atoms with Gasteiger partial charge in [0.15, 0.2) is 0 Å². The third-order valence-corrected chi connectivity index (χ3v) is 4.32. The molecule has 0 N–H and O–H groups in total. The van der Waals surface area contributed by atoms with Crippen LogP contribution in [0.4, 0.5) is 0 Å². The summed E-state index contributed by atoms with van der Waals surface area (Å²) in [4.78, 5) is 23.1. The second kappa shape index (κ2) is 7.42. The Bertz CT molecular complexity index is 701. The van der Waals surface area contributed by atoms with Crippen LogP contribution in [0, 0.1) is 6.92 Å². The van der Waals surface area contributed by atoms with Gasteiger partial charge in [-0.25, -0.2) is 9.97 Å². The van der Waals surface area contributed by atoms with Gasteiger partial charge >= 0.3 is 0 Å². The molecule has 0 aliphatic carbocycles. The summed E-state index contributed by atoms with van der Waals surface area (Å²) in [6.45, 7) is 3.41. The Balaban J connectivity index is 1.56. The first-order valence-electron chi connectivity index (χ1n) is 8.22. The number of piperidine rings is 1. The van der Waals surface area contributed by atoms with Crippen molar-refractivity contribution in [1.82, 2.24) is 20.0 Å². The molecule has 2 aromatic rings. The normalized spacial score (nSPS) is 17.8. The van der Waals surface area contributed by atoms with E-state index in [-0.39, 0.29) is 11.8 Å². The second-order valence-corrected chi connectivity index (χ2v) is 6.04. The van der Waals surface area contributed by atoms with Crippen molar-refractivity contribution in [2.24, 2.45) is 0 Å². The molecule has 3 heterocycles. The predicted octanol–water partition coefficient (Wildman–Crippen LogP) is 2.12. The highest BCUT2D eigenvalue weighted by Crippen LogP contribution is 2.26. The van der Waals surface area contributed by atoms with Crippen molar-refractivity contribution < 1.29 is 14.1 Å². The quantitative estimate of drug-likeness (QED) is 0.835. The number of aryl methyl sites for hydroxylation is 2. The number of aromatic nitrogens is 3. The van der Waals surface area contributed by atoms with Crippen LogP contribution in [0.1, 0.15) is 42.5 Å². The third-order valence-electron chi connectivity index (χ3n) is 4.32. The number of methoxy groups -OCH3 is 1. The average Bonchev–Trinajstić information content (AvgIpc) is 3.08. The van der Waals surface area contributed by atoms with Crippen LogP contribution in [-0.4, -0.2) is 46.1 Å². The zero-order chi connectivity index (χ0) is 16.9. The van der Waals surface area contributed by atoms with Gasteiger partial charge in [-0.15, -0.1) is 0 Å². The molecule has 1 saturated heterocycles. The summed E-state index contributed by atoms with van der Waals surface area (Å²) in [5, 5.41) is 3.75. The molecule has 1 atom stereocenters. The Morgan fingerprint density at radius 1 is 1.50 bits per heavy atom. The van der Waals surface area contributed by atoms with Gasteiger partial charge in [-0.3, -0.25) is 4.79 Å². The van der Waals surface area contributed by atoms with E-state index in [9.17, 15) is 4.79 Å². The van der Waals surface area contributed by atoms with E-state index in [4.69, 9.17) is 9.26 Å². The van der Waals surface area contributed by atoms with Gasteiger partial charge in [0.25, 0.3) is 5.88 Å². The van der Waals surface area contributed by atoms with Gasteiger partial charge in [0.05, 0.1) is 7.11 Å². The summed E-state index contributed by atoms with van der Waals surface area (Å²) in [6, 6.07) is 3.67. The lowest BCUT2D eigenvalue weighted by molar-refractivity contribution is -0.132. The number of carbonyl (C=O) groups excluding carboxylic acids is 1. The van der Waals surface area contributed by atoms with Gasteiger partial charge in [0.2, 0.25) is 5.91 Å². The van der Waals surface area contributed by atoms with E-state index in [1.807, 2.05) is 17.9 Å². The number of ether oxygens (including phenoxy) is 1. The van der Waals surface area contributed by atoms with Crippen molar-refractivity contribution in [2.75, 3.05) is 20.2 Å². The molecule has 1 fully saturated rings. The Hall–Kier alpha value is -2.44. The van der Waals surface area contributed by atoms with Crippen molar-refractivity contribution >= 4 is 5.91 Å². The van der Waals surface area contributed by atoms with Crippen molar-refractivity contribution in [3.05, 3.63) is 35.6 Å². The smallest absolute Gasteiger partial charge is 0.254 e. The largest absolute Gasteiger partial charge is 0.479 e. The minimum absolute atomic E-state index is 0.140. The molecule has 0 aromatic carbocycles. The van der Waals surface area contributed by atoms with E-state index >= 15 is 0 Å². The summed E-state index contributed by atoms with van der Waals surface area (Å²) in [7, 11) is 1.54. The first-order valence-corrected chi connectivity index (χ1v) is 8.22. The Morgan fingerprint density at radius 2 is 2.38 bits per heavy atom. The molecule has 3 rings (SSSR count).